The van der Waals surface area contributed by atoms with Gasteiger partial charge in [-0.25, -0.2) is 9.37 Å². The van der Waals surface area contributed by atoms with Crippen LogP contribution in [0.25, 0.3) is 0 Å². The molecular weight excluding hydrogens is 269 g/mol. The van der Waals surface area contributed by atoms with E-state index in [-0.39, 0.29) is 18.1 Å². The third kappa shape index (κ3) is 4.87. The molecule has 0 spiro atoms. The maximum absolute atomic E-state index is 12.8. The molecule has 110 valence electrons. The van der Waals surface area contributed by atoms with Crippen molar-refractivity contribution in [3.05, 3.63) is 54.0 Å². The highest BCUT2D eigenvalue weighted by atomic mass is 19.1. The number of nitrogens with one attached hydrogen (secondary N) is 2. The van der Waals surface area contributed by atoms with E-state index in [4.69, 9.17) is 0 Å². The van der Waals surface area contributed by atoms with Crippen molar-refractivity contribution >= 4 is 17.4 Å². The number of anilines is 2. The fraction of sp³-hybridized carbons (Fsp3) is 0.250. The summed E-state index contributed by atoms with van der Waals surface area (Å²) in [6.07, 6.45) is 2.84. The highest BCUT2D eigenvalue weighted by molar-refractivity contribution is 5.92. The van der Waals surface area contributed by atoms with Gasteiger partial charge in [-0.15, -0.1) is 0 Å². The van der Waals surface area contributed by atoms with Gasteiger partial charge in [-0.2, -0.15) is 0 Å². The summed E-state index contributed by atoms with van der Waals surface area (Å²) >= 11 is 0. The average molecular weight is 287 g/mol. The molecule has 1 aromatic heterocycles. The lowest BCUT2D eigenvalue weighted by atomic mass is 10.1. The summed E-state index contributed by atoms with van der Waals surface area (Å²) in [5.41, 5.74) is 1.41. The third-order valence-electron chi connectivity index (χ3n) is 2.88. The summed E-state index contributed by atoms with van der Waals surface area (Å²) in [5, 5.41) is 5.93. The molecule has 1 aromatic carbocycles. The molecule has 0 aliphatic rings. The van der Waals surface area contributed by atoms with Gasteiger partial charge in [0, 0.05) is 6.54 Å². The van der Waals surface area contributed by atoms with Gasteiger partial charge in [-0.3, -0.25) is 4.79 Å². The standard InChI is InChI=1S/C16H18FN3O/c1-2-9-18-15-8-7-14(11-19-15)20-16(21)10-12-3-5-13(17)6-4-12/h3-8,11H,2,9-10H2,1H3,(H,18,19)(H,20,21). The summed E-state index contributed by atoms with van der Waals surface area (Å²) in [6.45, 7) is 2.94. The van der Waals surface area contributed by atoms with Crippen molar-refractivity contribution in [1.29, 1.82) is 0 Å². The molecule has 0 saturated heterocycles. The van der Waals surface area contributed by atoms with E-state index in [9.17, 15) is 9.18 Å². The first-order valence-corrected chi connectivity index (χ1v) is 6.91. The van der Waals surface area contributed by atoms with Gasteiger partial charge >= 0.3 is 0 Å². The van der Waals surface area contributed by atoms with Gasteiger partial charge in [0.25, 0.3) is 0 Å². The molecule has 0 saturated carbocycles. The first kappa shape index (κ1) is 15.0. The van der Waals surface area contributed by atoms with Crippen LogP contribution in [0, 0.1) is 5.82 Å². The Hall–Kier alpha value is -2.43. The number of carbonyl (C=O) groups excluding carboxylic acids is 1. The van der Waals surface area contributed by atoms with E-state index in [2.05, 4.69) is 22.5 Å². The van der Waals surface area contributed by atoms with Crippen LogP contribution < -0.4 is 10.6 Å². The van der Waals surface area contributed by atoms with Crippen LogP contribution in [0.4, 0.5) is 15.9 Å². The molecule has 21 heavy (non-hydrogen) atoms. The van der Waals surface area contributed by atoms with Gasteiger partial charge in [-0.05, 0) is 36.2 Å². The number of amides is 1. The molecule has 1 amide bonds. The van der Waals surface area contributed by atoms with Gasteiger partial charge in [0.05, 0.1) is 18.3 Å². The zero-order chi connectivity index (χ0) is 15.1. The molecule has 0 aliphatic heterocycles. The SMILES string of the molecule is CCCNc1ccc(NC(=O)Cc2ccc(F)cc2)cn1. The number of halogens is 1. The Morgan fingerprint density at radius 2 is 1.95 bits per heavy atom. The number of nitrogens with zero attached hydrogens (tertiary/aromatic N) is 1. The van der Waals surface area contributed by atoms with Crippen LogP contribution >= 0.6 is 0 Å². The number of aromatic nitrogens is 1. The minimum Gasteiger partial charge on any atom is -0.370 e. The van der Waals surface area contributed by atoms with E-state index >= 15 is 0 Å². The van der Waals surface area contributed by atoms with Crippen molar-refractivity contribution in [1.82, 2.24) is 4.98 Å². The van der Waals surface area contributed by atoms with E-state index in [0.717, 1.165) is 24.3 Å². The molecule has 2 N–H and O–H groups in total. The molecule has 2 aromatic rings. The quantitative estimate of drug-likeness (QED) is 0.857. The number of benzene rings is 1. The second-order valence-electron chi connectivity index (χ2n) is 4.71. The van der Waals surface area contributed by atoms with Crippen LogP contribution in [0.15, 0.2) is 42.6 Å². The normalized spacial score (nSPS) is 10.2. The summed E-state index contributed by atoms with van der Waals surface area (Å²) in [5.74, 6) is 0.324. The summed E-state index contributed by atoms with van der Waals surface area (Å²) in [7, 11) is 0. The first-order chi connectivity index (χ1) is 10.2. The molecule has 0 fully saturated rings. The van der Waals surface area contributed by atoms with Crippen molar-refractivity contribution < 1.29 is 9.18 Å². The van der Waals surface area contributed by atoms with Crippen molar-refractivity contribution in [3.63, 3.8) is 0 Å². The molecule has 1 heterocycles. The number of hydrogen-bond donors (Lipinski definition) is 2. The lowest BCUT2D eigenvalue weighted by molar-refractivity contribution is -0.115. The van der Waals surface area contributed by atoms with Crippen LogP contribution in [-0.2, 0) is 11.2 Å². The van der Waals surface area contributed by atoms with Gasteiger partial charge in [0.15, 0.2) is 0 Å². The van der Waals surface area contributed by atoms with Crippen molar-refractivity contribution in [2.45, 2.75) is 19.8 Å². The van der Waals surface area contributed by atoms with Gasteiger partial charge in [0.1, 0.15) is 11.6 Å². The molecule has 5 heteroatoms. The topological polar surface area (TPSA) is 54.0 Å². The molecular formula is C16H18FN3O. The Morgan fingerprint density at radius 1 is 1.19 bits per heavy atom. The Labute approximate surface area is 123 Å². The van der Waals surface area contributed by atoms with Crippen molar-refractivity contribution in [2.75, 3.05) is 17.2 Å². The predicted octanol–water partition coefficient (Wildman–Crippen LogP) is 3.22. The summed E-state index contributed by atoms with van der Waals surface area (Å²) < 4.78 is 12.8. The lowest BCUT2D eigenvalue weighted by Gasteiger charge is -2.07. The van der Waals surface area contributed by atoms with Crippen molar-refractivity contribution in [2.24, 2.45) is 0 Å². The number of rotatable bonds is 6. The van der Waals surface area contributed by atoms with Crippen molar-refractivity contribution in [3.8, 4) is 0 Å². The molecule has 0 radical (unpaired) electrons. The van der Waals surface area contributed by atoms with Crippen LogP contribution in [0.3, 0.4) is 0 Å². The maximum atomic E-state index is 12.8. The minimum atomic E-state index is -0.307. The maximum Gasteiger partial charge on any atom is 0.228 e. The first-order valence-electron chi connectivity index (χ1n) is 6.91. The molecule has 0 atom stereocenters. The molecule has 0 aliphatic carbocycles. The Kier molecular flexibility index (Phi) is 5.26. The van der Waals surface area contributed by atoms with E-state index in [1.807, 2.05) is 6.07 Å². The number of hydrogen-bond acceptors (Lipinski definition) is 3. The molecule has 0 bridgehead atoms. The van der Waals surface area contributed by atoms with Crippen LogP contribution in [0.1, 0.15) is 18.9 Å². The lowest BCUT2D eigenvalue weighted by Crippen LogP contribution is -2.14. The fourth-order valence-corrected chi connectivity index (χ4v) is 1.82. The van der Waals surface area contributed by atoms with Crippen LogP contribution in [0.2, 0.25) is 0 Å². The monoisotopic (exact) mass is 287 g/mol. The largest absolute Gasteiger partial charge is 0.370 e. The molecule has 0 unspecified atom stereocenters. The second kappa shape index (κ2) is 7.38. The highest BCUT2D eigenvalue weighted by Crippen LogP contribution is 2.11. The highest BCUT2D eigenvalue weighted by Gasteiger charge is 2.05. The fourth-order valence-electron chi connectivity index (χ4n) is 1.82. The molecule has 4 nitrogen and oxygen atoms in total. The zero-order valence-electron chi connectivity index (χ0n) is 11.9. The van der Waals surface area contributed by atoms with E-state index in [1.54, 1.807) is 24.4 Å². The second-order valence-corrected chi connectivity index (χ2v) is 4.71. The Morgan fingerprint density at radius 3 is 2.57 bits per heavy atom. The van der Waals surface area contributed by atoms with E-state index in [1.165, 1.54) is 12.1 Å². The van der Waals surface area contributed by atoms with Crippen LogP contribution in [0.5, 0.6) is 0 Å². The third-order valence-corrected chi connectivity index (χ3v) is 2.88. The minimum absolute atomic E-state index is 0.155. The summed E-state index contributed by atoms with van der Waals surface area (Å²) in [4.78, 5) is 16.1. The Bertz CT molecular complexity index is 581. The van der Waals surface area contributed by atoms with Gasteiger partial charge in [-0.1, -0.05) is 19.1 Å². The number of pyridine rings is 1. The average Bonchev–Trinajstić information content (AvgIpc) is 2.49. The summed E-state index contributed by atoms with van der Waals surface area (Å²) in [6, 6.07) is 9.52. The van der Waals surface area contributed by atoms with Gasteiger partial charge in [0.2, 0.25) is 5.91 Å². The van der Waals surface area contributed by atoms with E-state index < -0.39 is 0 Å². The Balaban J connectivity index is 1.88. The van der Waals surface area contributed by atoms with Crippen LogP contribution in [-0.4, -0.2) is 17.4 Å². The zero-order valence-corrected chi connectivity index (χ0v) is 11.9. The number of carbonyl (C=O) groups is 1. The molecule has 2 rings (SSSR count). The predicted molar refractivity (Wildman–Crippen MR) is 81.8 cm³/mol. The van der Waals surface area contributed by atoms with E-state index in [0.29, 0.717) is 5.69 Å². The van der Waals surface area contributed by atoms with Gasteiger partial charge < -0.3 is 10.6 Å². The smallest absolute Gasteiger partial charge is 0.228 e.